The molecule has 0 radical (unpaired) electrons. The Kier molecular flexibility index (Phi) is 3.22. The van der Waals surface area contributed by atoms with Crippen molar-refractivity contribution in [2.45, 2.75) is 6.54 Å². The van der Waals surface area contributed by atoms with Crippen LogP contribution < -0.4 is 10.1 Å². The molecule has 0 bridgehead atoms. The number of ether oxygens (including phenoxy) is 1. The molecular formula is C10H11N5O. The van der Waals surface area contributed by atoms with Gasteiger partial charge in [0.05, 0.1) is 19.3 Å². The predicted octanol–water partition coefficient (Wildman–Crippen LogP) is 0.887. The molecule has 6 heteroatoms. The smallest absolute Gasteiger partial charge is 0.218 e. The quantitative estimate of drug-likeness (QED) is 0.819. The molecule has 82 valence electrons. The molecule has 0 aliphatic rings. The van der Waals surface area contributed by atoms with Gasteiger partial charge >= 0.3 is 0 Å². The number of methoxy groups -OCH3 is 1. The highest BCUT2D eigenvalue weighted by molar-refractivity contribution is 5.37. The third-order valence-electron chi connectivity index (χ3n) is 1.93. The van der Waals surface area contributed by atoms with Crippen LogP contribution in [0.3, 0.4) is 0 Å². The van der Waals surface area contributed by atoms with Gasteiger partial charge in [0.15, 0.2) is 0 Å². The minimum Gasteiger partial charge on any atom is -0.481 e. The van der Waals surface area contributed by atoms with Gasteiger partial charge in [-0.05, 0) is 12.1 Å². The van der Waals surface area contributed by atoms with Crippen LogP contribution in [0.2, 0.25) is 0 Å². The summed E-state index contributed by atoms with van der Waals surface area (Å²) in [6, 6.07) is 5.44. The number of hydrogen-bond donors (Lipinski definition) is 1. The van der Waals surface area contributed by atoms with Gasteiger partial charge in [-0.3, -0.25) is 0 Å². The first-order valence-corrected chi connectivity index (χ1v) is 4.75. The van der Waals surface area contributed by atoms with Gasteiger partial charge in [0, 0.05) is 12.3 Å². The lowest BCUT2D eigenvalue weighted by atomic mass is 10.4. The van der Waals surface area contributed by atoms with Gasteiger partial charge in [0.25, 0.3) is 0 Å². The fourth-order valence-corrected chi connectivity index (χ4v) is 1.16. The molecule has 0 aliphatic carbocycles. The second-order valence-electron chi connectivity index (χ2n) is 3.01. The third-order valence-corrected chi connectivity index (χ3v) is 1.93. The number of aromatic nitrogens is 4. The maximum atomic E-state index is 4.99. The highest BCUT2D eigenvalue weighted by Crippen LogP contribution is 2.10. The van der Waals surface area contributed by atoms with E-state index in [1.54, 1.807) is 19.4 Å². The van der Waals surface area contributed by atoms with Crippen molar-refractivity contribution in [3.05, 3.63) is 36.4 Å². The summed E-state index contributed by atoms with van der Waals surface area (Å²) in [6.45, 7) is 0.563. The first kappa shape index (κ1) is 10.3. The minimum atomic E-state index is 0.525. The second-order valence-corrected chi connectivity index (χ2v) is 3.01. The molecule has 0 aliphatic heterocycles. The topological polar surface area (TPSA) is 72.8 Å². The van der Waals surface area contributed by atoms with Crippen LogP contribution in [0, 0.1) is 0 Å². The molecule has 0 unspecified atom stereocenters. The fourth-order valence-electron chi connectivity index (χ4n) is 1.16. The average Bonchev–Trinajstić information content (AvgIpc) is 2.38. The van der Waals surface area contributed by atoms with E-state index in [1.807, 2.05) is 12.1 Å². The molecule has 16 heavy (non-hydrogen) atoms. The highest BCUT2D eigenvalue weighted by atomic mass is 16.5. The van der Waals surface area contributed by atoms with E-state index in [1.165, 1.54) is 6.33 Å². The van der Waals surface area contributed by atoms with Crippen molar-refractivity contribution < 1.29 is 4.74 Å². The van der Waals surface area contributed by atoms with Crippen molar-refractivity contribution in [2.24, 2.45) is 0 Å². The molecule has 0 saturated heterocycles. The molecular weight excluding hydrogens is 206 g/mol. The molecule has 0 spiro atoms. The number of hydrogen-bond acceptors (Lipinski definition) is 6. The van der Waals surface area contributed by atoms with Gasteiger partial charge in [0.2, 0.25) is 5.88 Å². The second kappa shape index (κ2) is 5.01. The lowest BCUT2D eigenvalue weighted by Crippen LogP contribution is -2.04. The lowest BCUT2D eigenvalue weighted by Gasteiger charge is -2.05. The number of nitrogens with zero attached hydrogens (tertiary/aromatic N) is 4. The summed E-state index contributed by atoms with van der Waals surface area (Å²) in [6.07, 6.45) is 3.08. The maximum Gasteiger partial charge on any atom is 0.218 e. The van der Waals surface area contributed by atoms with E-state index in [4.69, 9.17) is 4.74 Å². The van der Waals surface area contributed by atoms with E-state index in [9.17, 15) is 0 Å². The summed E-state index contributed by atoms with van der Waals surface area (Å²) in [4.78, 5) is 7.96. The van der Waals surface area contributed by atoms with E-state index in [0.29, 0.717) is 18.2 Å². The van der Waals surface area contributed by atoms with Gasteiger partial charge in [-0.1, -0.05) is 0 Å². The molecule has 0 fully saturated rings. The van der Waals surface area contributed by atoms with Crippen LogP contribution in [0.15, 0.2) is 30.7 Å². The molecule has 2 aromatic heterocycles. The molecule has 6 nitrogen and oxygen atoms in total. The maximum absolute atomic E-state index is 4.99. The normalized spacial score (nSPS) is 9.81. The van der Waals surface area contributed by atoms with Gasteiger partial charge in [0.1, 0.15) is 12.1 Å². The Labute approximate surface area is 92.7 Å². The van der Waals surface area contributed by atoms with Gasteiger partial charge in [-0.2, -0.15) is 10.2 Å². The Balaban J connectivity index is 1.99. The summed E-state index contributed by atoms with van der Waals surface area (Å²) in [5, 5.41) is 10.8. The van der Waals surface area contributed by atoms with Crippen molar-refractivity contribution in [2.75, 3.05) is 12.4 Å². The summed E-state index contributed by atoms with van der Waals surface area (Å²) in [7, 11) is 1.56. The SMILES string of the molecule is COc1cc(NCc2cccnn2)ncn1. The van der Waals surface area contributed by atoms with E-state index in [2.05, 4.69) is 25.5 Å². The lowest BCUT2D eigenvalue weighted by molar-refractivity contribution is 0.397. The van der Waals surface area contributed by atoms with E-state index in [-0.39, 0.29) is 0 Å². The van der Waals surface area contributed by atoms with Crippen molar-refractivity contribution in [3.63, 3.8) is 0 Å². The Morgan fingerprint density at radius 3 is 3.06 bits per heavy atom. The predicted molar refractivity (Wildman–Crippen MR) is 57.9 cm³/mol. The zero-order valence-corrected chi connectivity index (χ0v) is 8.79. The van der Waals surface area contributed by atoms with Crippen LogP contribution in [0.4, 0.5) is 5.82 Å². The molecule has 0 aromatic carbocycles. The van der Waals surface area contributed by atoms with Crippen LogP contribution in [-0.4, -0.2) is 27.3 Å². The summed E-state index contributed by atoms with van der Waals surface area (Å²) in [5.41, 5.74) is 0.847. The number of rotatable bonds is 4. The molecule has 2 rings (SSSR count). The Morgan fingerprint density at radius 1 is 1.38 bits per heavy atom. The van der Waals surface area contributed by atoms with Gasteiger partial charge in [-0.25, -0.2) is 9.97 Å². The monoisotopic (exact) mass is 217 g/mol. The standard InChI is InChI=1S/C10H11N5O/c1-16-10-5-9(12-7-13-10)11-6-8-3-2-4-14-15-8/h2-5,7H,6H2,1H3,(H,11,12,13). The van der Waals surface area contributed by atoms with Crippen LogP contribution in [0.5, 0.6) is 5.88 Å². The molecule has 0 saturated carbocycles. The third kappa shape index (κ3) is 2.63. The molecule has 0 atom stereocenters. The Morgan fingerprint density at radius 2 is 2.31 bits per heavy atom. The first-order chi connectivity index (χ1) is 7.88. The summed E-state index contributed by atoms with van der Waals surface area (Å²) >= 11 is 0. The number of nitrogens with one attached hydrogen (secondary N) is 1. The van der Waals surface area contributed by atoms with E-state index < -0.39 is 0 Å². The van der Waals surface area contributed by atoms with E-state index in [0.717, 1.165) is 5.69 Å². The van der Waals surface area contributed by atoms with Crippen molar-refractivity contribution in [1.29, 1.82) is 0 Å². The molecule has 0 amide bonds. The van der Waals surface area contributed by atoms with Crippen molar-refractivity contribution in [3.8, 4) is 5.88 Å². The van der Waals surface area contributed by atoms with Gasteiger partial charge < -0.3 is 10.1 Å². The minimum absolute atomic E-state index is 0.525. The summed E-state index contributed by atoms with van der Waals surface area (Å²) < 4.78 is 4.99. The highest BCUT2D eigenvalue weighted by Gasteiger charge is 1.98. The summed E-state index contributed by atoms with van der Waals surface area (Å²) in [5.74, 6) is 1.22. The Hall–Kier alpha value is -2.24. The largest absolute Gasteiger partial charge is 0.481 e. The number of anilines is 1. The van der Waals surface area contributed by atoms with Crippen LogP contribution in [0.1, 0.15) is 5.69 Å². The Bertz CT molecular complexity index is 448. The van der Waals surface area contributed by atoms with Crippen LogP contribution >= 0.6 is 0 Å². The molecule has 2 heterocycles. The average molecular weight is 217 g/mol. The van der Waals surface area contributed by atoms with Crippen LogP contribution in [-0.2, 0) is 6.54 Å². The van der Waals surface area contributed by atoms with E-state index >= 15 is 0 Å². The van der Waals surface area contributed by atoms with Gasteiger partial charge in [-0.15, -0.1) is 0 Å². The zero-order chi connectivity index (χ0) is 11.2. The van der Waals surface area contributed by atoms with Crippen molar-refractivity contribution in [1.82, 2.24) is 20.2 Å². The molecule has 1 N–H and O–H groups in total. The first-order valence-electron chi connectivity index (χ1n) is 4.75. The van der Waals surface area contributed by atoms with Crippen molar-refractivity contribution >= 4 is 5.82 Å². The molecule has 2 aromatic rings. The van der Waals surface area contributed by atoms with Crippen LogP contribution in [0.25, 0.3) is 0 Å². The fraction of sp³-hybridized carbons (Fsp3) is 0.200. The zero-order valence-electron chi connectivity index (χ0n) is 8.79.